The van der Waals surface area contributed by atoms with Gasteiger partial charge in [0.2, 0.25) is 5.91 Å². The summed E-state index contributed by atoms with van der Waals surface area (Å²) in [4.78, 5) is 17.6. The van der Waals surface area contributed by atoms with Crippen molar-refractivity contribution in [3.63, 3.8) is 0 Å². The Morgan fingerprint density at radius 3 is 2.86 bits per heavy atom. The van der Waals surface area contributed by atoms with E-state index < -0.39 is 0 Å². The molecular weight excluding hydrogens is 303 g/mol. The molecule has 1 aromatic heterocycles. The molecule has 0 unspecified atom stereocenters. The molecule has 0 radical (unpaired) electrons. The zero-order chi connectivity index (χ0) is 15.8. The number of ether oxygens (including phenoxy) is 1. The van der Waals surface area contributed by atoms with Gasteiger partial charge in [0, 0.05) is 25.0 Å². The molecule has 0 N–H and O–H groups in total. The highest BCUT2D eigenvalue weighted by Crippen LogP contribution is 2.11. The first-order valence-corrected chi connectivity index (χ1v) is 7.79. The molecule has 0 aliphatic carbocycles. The molecule has 2 aromatic rings. The third-order valence-electron chi connectivity index (χ3n) is 2.94. The van der Waals surface area contributed by atoms with Crippen LogP contribution in [0.2, 0.25) is 0 Å². The molecule has 0 aliphatic rings. The lowest BCUT2D eigenvalue weighted by Gasteiger charge is -2.15. The minimum atomic E-state index is -0.287. The Kier molecular flexibility index (Phi) is 6.09. The van der Waals surface area contributed by atoms with Gasteiger partial charge in [0.05, 0.1) is 17.8 Å². The summed E-state index contributed by atoms with van der Waals surface area (Å²) in [5, 5.41) is 1.88. The standard InChI is InChI=1S/C16H17FN2O2S/c1-19(16(20)8-5-14-11-22-12-18-14)9-2-10-21-15-6-3-13(17)4-7-15/h3-8,11-12H,2,9-10H2,1H3/b8-5-. The van der Waals surface area contributed by atoms with Crippen molar-refractivity contribution in [1.29, 1.82) is 0 Å². The molecule has 0 bridgehead atoms. The lowest BCUT2D eigenvalue weighted by Crippen LogP contribution is -2.26. The first-order chi connectivity index (χ1) is 10.6. The summed E-state index contributed by atoms with van der Waals surface area (Å²) in [7, 11) is 1.74. The molecule has 0 atom stereocenters. The van der Waals surface area contributed by atoms with Gasteiger partial charge in [-0.25, -0.2) is 9.37 Å². The largest absolute Gasteiger partial charge is 0.494 e. The highest BCUT2D eigenvalue weighted by molar-refractivity contribution is 7.07. The third-order valence-corrected chi connectivity index (χ3v) is 3.55. The van der Waals surface area contributed by atoms with Crippen molar-refractivity contribution in [2.45, 2.75) is 6.42 Å². The molecule has 116 valence electrons. The van der Waals surface area contributed by atoms with Gasteiger partial charge in [-0.15, -0.1) is 11.3 Å². The molecule has 1 aromatic carbocycles. The van der Waals surface area contributed by atoms with E-state index in [9.17, 15) is 9.18 Å². The van der Waals surface area contributed by atoms with E-state index in [1.807, 2.05) is 5.38 Å². The van der Waals surface area contributed by atoms with Gasteiger partial charge in [-0.1, -0.05) is 0 Å². The molecule has 2 rings (SSSR count). The van der Waals surface area contributed by atoms with Gasteiger partial charge in [-0.3, -0.25) is 4.79 Å². The van der Waals surface area contributed by atoms with Crippen molar-refractivity contribution >= 4 is 23.3 Å². The highest BCUT2D eigenvalue weighted by atomic mass is 32.1. The van der Waals surface area contributed by atoms with Gasteiger partial charge in [-0.2, -0.15) is 0 Å². The number of thiazole rings is 1. The van der Waals surface area contributed by atoms with Crippen LogP contribution < -0.4 is 4.74 Å². The molecule has 4 nitrogen and oxygen atoms in total. The number of carbonyl (C=O) groups is 1. The summed E-state index contributed by atoms with van der Waals surface area (Å²) in [5.41, 5.74) is 2.51. The smallest absolute Gasteiger partial charge is 0.246 e. The molecule has 6 heteroatoms. The number of hydrogen-bond donors (Lipinski definition) is 0. The van der Waals surface area contributed by atoms with Crippen molar-refractivity contribution in [2.24, 2.45) is 0 Å². The van der Waals surface area contributed by atoms with Crippen molar-refractivity contribution < 1.29 is 13.9 Å². The topological polar surface area (TPSA) is 42.4 Å². The highest BCUT2D eigenvalue weighted by Gasteiger charge is 2.04. The Balaban J connectivity index is 1.67. The van der Waals surface area contributed by atoms with Crippen LogP contribution in [0.3, 0.4) is 0 Å². The maximum absolute atomic E-state index is 12.7. The number of hydrogen-bond acceptors (Lipinski definition) is 4. The van der Waals surface area contributed by atoms with Crippen molar-refractivity contribution in [2.75, 3.05) is 20.2 Å². The Hall–Kier alpha value is -2.21. The third kappa shape index (κ3) is 5.29. The zero-order valence-electron chi connectivity index (χ0n) is 12.2. The molecule has 0 fully saturated rings. The van der Waals surface area contributed by atoms with Gasteiger partial charge in [-0.05, 0) is 36.8 Å². The number of amides is 1. The van der Waals surface area contributed by atoms with E-state index in [0.717, 1.165) is 5.69 Å². The Morgan fingerprint density at radius 1 is 1.41 bits per heavy atom. The van der Waals surface area contributed by atoms with Gasteiger partial charge in [0.15, 0.2) is 0 Å². The van der Waals surface area contributed by atoms with Gasteiger partial charge < -0.3 is 9.64 Å². The molecular formula is C16H17FN2O2S. The van der Waals surface area contributed by atoms with Crippen molar-refractivity contribution in [3.05, 3.63) is 52.7 Å². The Morgan fingerprint density at radius 2 is 2.18 bits per heavy atom. The monoisotopic (exact) mass is 320 g/mol. The second kappa shape index (κ2) is 8.29. The summed E-state index contributed by atoms with van der Waals surface area (Å²) in [5.74, 6) is 0.262. The second-order valence-corrected chi connectivity index (χ2v) is 5.38. The number of halogens is 1. The minimum Gasteiger partial charge on any atom is -0.494 e. The first kappa shape index (κ1) is 16.2. The molecule has 0 spiro atoms. The van der Waals surface area contributed by atoms with Crippen LogP contribution in [0.5, 0.6) is 5.75 Å². The number of carbonyl (C=O) groups excluding carboxylic acids is 1. The molecule has 0 saturated carbocycles. The maximum atomic E-state index is 12.7. The fraction of sp³-hybridized carbons (Fsp3) is 0.250. The summed E-state index contributed by atoms with van der Waals surface area (Å²) >= 11 is 1.49. The molecule has 0 saturated heterocycles. The van der Waals surface area contributed by atoms with E-state index in [4.69, 9.17) is 4.74 Å². The summed E-state index contributed by atoms with van der Waals surface area (Å²) < 4.78 is 18.2. The quantitative estimate of drug-likeness (QED) is 0.581. The predicted octanol–water partition coefficient (Wildman–Crippen LogP) is 3.22. The maximum Gasteiger partial charge on any atom is 0.246 e. The zero-order valence-corrected chi connectivity index (χ0v) is 13.1. The van der Waals surface area contributed by atoms with E-state index in [2.05, 4.69) is 4.98 Å². The van der Waals surface area contributed by atoms with Crippen molar-refractivity contribution in [1.82, 2.24) is 9.88 Å². The van der Waals surface area contributed by atoms with E-state index >= 15 is 0 Å². The number of rotatable bonds is 7. The number of benzene rings is 1. The predicted molar refractivity (Wildman–Crippen MR) is 85.3 cm³/mol. The number of likely N-dealkylation sites (N-methyl/N-ethyl adjacent to an activating group) is 1. The van der Waals surface area contributed by atoms with Crippen molar-refractivity contribution in [3.8, 4) is 5.75 Å². The summed E-state index contributed by atoms with van der Waals surface area (Å²) in [6.45, 7) is 1.06. The Bertz CT molecular complexity index is 612. The number of aromatic nitrogens is 1. The van der Waals surface area contributed by atoms with E-state index in [1.165, 1.54) is 29.5 Å². The molecule has 0 aliphatic heterocycles. The van der Waals surface area contributed by atoms with E-state index in [0.29, 0.717) is 25.3 Å². The van der Waals surface area contributed by atoms with Crippen LogP contribution in [0, 0.1) is 5.82 Å². The average Bonchev–Trinajstić information content (AvgIpc) is 3.04. The molecule has 1 amide bonds. The van der Waals surface area contributed by atoms with Crippen LogP contribution >= 0.6 is 11.3 Å². The van der Waals surface area contributed by atoms with Crippen LogP contribution in [0.1, 0.15) is 12.1 Å². The van der Waals surface area contributed by atoms with E-state index in [1.54, 1.807) is 35.7 Å². The first-order valence-electron chi connectivity index (χ1n) is 6.85. The van der Waals surface area contributed by atoms with Crippen LogP contribution in [-0.2, 0) is 4.79 Å². The van der Waals surface area contributed by atoms with Gasteiger partial charge in [0.25, 0.3) is 0 Å². The van der Waals surface area contributed by atoms with Gasteiger partial charge >= 0.3 is 0 Å². The lowest BCUT2D eigenvalue weighted by atomic mass is 10.3. The van der Waals surface area contributed by atoms with Gasteiger partial charge in [0.1, 0.15) is 11.6 Å². The average molecular weight is 320 g/mol. The molecule has 22 heavy (non-hydrogen) atoms. The SMILES string of the molecule is CN(CCCOc1ccc(F)cc1)C(=O)/C=C\c1cscn1. The summed E-state index contributed by atoms with van der Waals surface area (Å²) in [6, 6.07) is 5.88. The number of nitrogens with zero attached hydrogens (tertiary/aromatic N) is 2. The van der Waals surface area contributed by atoms with Crippen LogP contribution in [0.4, 0.5) is 4.39 Å². The van der Waals surface area contributed by atoms with E-state index in [-0.39, 0.29) is 11.7 Å². The van der Waals surface area contributed by atoms with Crippen LogP contribution in [0.25, 0.3) is 6.08 Å². The normalized spacial score (nSPS) is 10.8. The minimum absolute atomic E-state index is 0.0743. The fourth-order valence-corrected chi connectivity index (χ4v) is 2.24. The Labute approximate surface area is 132 Å². The fourth-order valence-electron chi connectivity index (χ4n) is 1.72. The summed E-state index contributed by atoms with van der Waals surface area (Å²) in [6.07, 6.45) is 3.91. The second-order valence-electron chi connectivity index (χ2n) is 4.66. The van der Waals surface area contributed by atoms with Crippen LogP contribution in [-0.4, -0.2) is 36.0 Å². The van der Waals surface area contributed by atoms with Crippen LogP contribution in [0.15, 0.2) is 41.2 Å². The lowest BCUT2D eigenvalue weighted by molar-refractivity contribution is -0.124. The molecule has 1 heterocycles.